The Morgan fingerprint density at radius 1 is 1.41 bits per heavy atom. The summed E-state index contributed by atoms with van der Waals surface area (Å²) in [5, 5.41) is 0. The fraction of sp³-hybridized carbons (Fsp3) is 0.250. The van der Waals surface area contributed by atoms with Crippen LogP contribution < -0.4 is 4.74 Å². The van der Waals surface area contributed by atoms with Gasteiger partial charge in [-0.15, -0.1) is 0 Å². The second-order valence-corrected chi connectivity index (χ2v) is 5.07. The molecule has 92 valence electrons. The maximum Gasteiger partial charge on any atom is 0.336 e. The number of halogens is 2. The maximum absolute atomic E-state index is 11.3. The number of rotatable bonds is 4. The lowest BCUT2D eigenvalue weighted by Crippen LogP contribution is -2.21. The van der Waals surface area contributed by atoms with Crippen LogP contribution in [0.2, 0.25) is 0 Å². The molecule has 17 heavy (non-hydrogen) atoms. The van der Waals surface area contributed by atoms with Crippen LogP contribution in [0.25, 0.3) is 0 Å². The minimum atomic E-state index is -0.676. The van der Waals surface area contributed by atoms with Crippen molar-refractivity contribution in [2.45, 2.75) is 20.1 Å². The number of ether oxygens (including phenoxy) is 2. The fourth-order valence-corrected chi connectivity index (χ4v) is 1.74. The highest BCUT2D eigenvalue weighted by atomic mass is 79.9. The number of benzene rings is 1. The summed E-state index contributed by atoms with van der Waals surface area (Å²) in [6.07, 6.45) is -0.676. The highest BCUT2D eigenvalue weighted by Crippen LogP contribution is 2.32. The van der Waals surface area contributed by atoms with Crippen molar-refractivity contribution in [3.63, 3.8) is 0 Å². The molecule has 1 aromatic carbocycles. The molecule has 1 rings (SSSR count). The molecule has 0 saturated heterocycles. The first-order chi connectivity index (χ1) is 7.91. The highest BCUT2D eigenvalue weighted by molar-refractivity contribution is 9.13. The zero-order valence-corrected chi connectivity index (χ0v) is 12.7. The standard InChI is InChI=1S/C12H12Br2O3/c1-7(2)12(15)17-8(3)16-10-6-4-5-9(13)11(10)14/h4-6,8H,1H2,2-3H3. The Kier molecular flexibility index (Phi) is 5.21. The fourth-order valence-electron chi connectivity index (χ4n) is 1.03. The normalized spacial score (nSPS) is 11.8. The van der Waals surface area contributed by atoms with Gasteiger partial charge >= 0.3 is 5.97 Å². The van der Waals surface area contributed by atoms with E-state index in [2.05, 4.69) is 38.4 Å². The van der Waals surface area contributed by atoms with Crippen LogP contribution in [-0.2, 0) is 9.53 Å². The third-order valence-corrected chi connectivity index (χ3v) is 3.84. The predicted octanol–water partition coefficient (Wildman–Crippen LogP) is 4.06. The molecule has 1 aromatic rings. The van der Waals surface area contributed by atoms with E-state index in [-0.39, 0.29) is 0 Å². The molecule has 0 N–H and O–H groups in total. The lowest BCUT2D eigenvalue weighted by molar-refractivity contribution is -0.156. The van der Waals surface area contributed by atoms with Crippen LogP contribution >= 0.6 is 31.9 Å². The van der Waals surface area contributed by atoms with E-state index in [4.69, 9.17) is 9.47 Å². The van der Waals surface area contributed by atoms with Gasteiger partial charge < -0.3 is 9.47 Å². The first kappa shape index (κ1) is 14.3. The maximum atomic E-state index is 11.3. The van der Waals surface area contributed by atoms with Gasteiger partial charge in [0.15, 0.2) is 0 Å². The minimum absolute atomic E-state index is 0.341. The van der Waals surface area contributed by atoms with Gasteiger partial charge in [0.05, 0.1) is 4.47 Å². The van der Waals surface area contributed by atoms with Crippen molar-refractivity contribution in [3.05, 3.63) is 39.3 Å². The van der Waals surface area contributed by atoms with Crippen LogP contribution in [0.4, 0.5) is 0 Å². The number of carbonyl (C=O) groups excluding carboxylic acids is 1. The van der Waals surface area contributed by atoms with E-state index in [1.165, 1.54) is 0 Å². The third kappa shape index (κ3) is 4.16. The Morgan fingerprint density at radius 3 is 2.65 bits per heavy atom. The highest BCUT2D eigenvalue weighted by Gasteiger charge is 2.13. The largest absolute Gasteiger partial charge is 0.454 e. The summed E-state index contributed by atoms with van der Waals surface area (Å²) >= 11 is 6.74. The molecular formula is C12H12Br2O3. The molecule has 0 fully saturated rings. The van der Waals surface area contributed by atoms with Gasteiger partial charge in [-0.1, -0.05) is 12.6 Å². The average Bonchev–Trinajstić information content (AvgIpc) is 2.24. The second kappa shape index (κ2) is 6.21. The van der Waals surface area contributed by atoms with Crippen molar-refractivity contribution in [2.24, 2.45) is 0 Å². The molecule has 1 unspecified atom stereocenters. The molecule has 0 aromatic heterocycles. The molecule has 0 spiro atoms. The summed E-state index contributed by atoms with van der Waals surface area (Å²) in [6.45, 7) is 6.73. The molecule has 5 heteroatoms. The van der Waals surface area contributed by atoms with E-state index < -0.39 is 12.3 Å². The SMILES string of the molecule is C=C(C)C(=O)OC(C)Oc1cccc(Br)c1Br. The minimum Gasteiger partial charge on any atom is -0.454 e. The Bertz CT molecular complexity index is 443. The Labute approximate surface area is 117 Å². The molecule has 0 aliphatic heterocycles. The summed E-state index contributed by atoms with van der Waals surface area (Å²) in [6, 6.07) is 5.49. The Morgan fingerprint density at radius 2 is 2.06 bits per heavy atom. The molecule has 0 heterocycles. The second-order valence-electron chi connectivity index (χ2n) is 3.42. The van der Waals surface area contributed by atoms with Crippen molar-refractivity contribution in [1.82, 2.24) is 0 Å². The van der Waals surface area contributed by atoms with Gasteiger partial charge in [0.1, 0.15) is 5.75 Å². The molecule has 0 amide bonds. The van der Waals surface area contributed by atoms with E-state index in [0.717, 1.165) is 8.95 Å². The lowest BCUT2D eigenvalue weighted by atomic mass is 10.3. The van der Waals surface area contributed by atoms with Crippen molar-refractivity contribution in [3.8, 4) is 5.75 Å². The summed E-state index contributed by atoms with van der Waals surface area (Å²) in [4.78, 5) is 11.3. The Hall–Kier alpha value is -0.810. The van der Waals surface area contributed by atoms with Crippen LogP contribution in [-0.4, -0.2) is 12.3 Å². The van der Waals surface area contributed by atoms with Gasteiger partial charge in [0, 0.05) is 17.0 Å². The molecule has 0 aliphatic carbocycles. The number of esters is 1. The van der Waals surface area contributed by atoms with E-state index in [0.29, 0.717) is 11.3 Å². The molecule has 0 bridgehead atoms. The molecule has 3 nitrogen and oxygen atoms in total. The monoisotopic (exact) mass is 362 g/mol. The average molecular weight is 364 g/mol. The van der Waals surface area contributed by atoms with Gasteiger partial charge in [0.25, 0.3) is 0 Å². The van der Waals surface area contributed by atoms with Crippen LogP contribution in [0.5, 0.6) is 5.75 Å². The summed E-state index contributed by atoms with van der Waals surface area (Å²) in [5.41, 5.74) is 0.341. The van der Waals surface area contributed by atoms with Crippen molar-refractivity contribution in [2.75, 3.05) is 0 Å². The molecule has 0 saturated carbocycles. The predicted molar refractivity (Wildman–Crippen MR) is 72.8 cm³/mol. The van der Waals surface area contributed by atoms with Crippen LogP contribution in [0.3, 0.4) is 0 Å². The van der Waals surface area contributed by atoms with Gasteiger partial charge in [-0.2, -0.15) is 0 Å². The van der Waals surface area contributed by atoms with Crippen LogP contribution in [0.15, 0.2) is 39.3 Å². The topological polar surface area (TPSA) is 35.5 Å². The number of carbonyl (C=O) groups is 1. The molecule has 0 aliphatic rings. The Balaban J connectivity index is 2.68. The van der Waals surface area contributed by atoms with Gasteiger partial charge in [-0.05, 0) is 50.9 Å². The zero-order chi connectivity index (χ0) is 13.0. The van der Waals surface area contributed by atoms with Crippen molar-refractivity contribution >= 4 is 37.8 Å². The van der Waals surface area contributed by atoms with Crippen molar-refractivity contribution in [1.29, 1.82) is 0 Å². The first-order valence-corrected chi connectivity index (χ1v) is 6.47. The quantitative estimate of drug-likeness (QED) is 0.459. The van der Waals surface area contributed by atoms with E-state index in [9.17, 15) is 4.79 Å². The van der Waals surface area contributed by atoms with E-state index in [1.807, 2.05) is 12.1 Å². The smallest absolute Gasteiger partial charge is 0.336 e. The van der Waals surface area contributed by atoms with E-state index in [1.54, 1.807) is 19.9 Å². The molecule has 0 radical (unpaired) electrons. The van der Waals surface area contributed by atoms with Crippen LogP contribution in [0, 0.1) is 0 Å². The number of hydrogen-bond donors (Lipinski definition) is 0. The summed E-state index contributed by atoms with van der Waals surface area (Å²) in [7, 11) is 0. The van der Waals surface area contributed by atoms with Gasteiger partial charge in [-0.25, -0.2) is 4.79 Å². The number of hydrogen-bond acceptors (Lipinski definition) is 3. The molecule has 1 atom stereocenters. The van der Waals surface area contributed by atoms with Crippen molar-refractivity contribution < 1.29 is 14.3 Å². The lowest BCUT2D eigenvalue weighted by Gasteiger charge is -2.16. The third-order valence-electron chi connectivity index (χ3n) is 1.83. The van der Waals surface area contributed by atoms with Crippen LogP contribution in [0.1, 0.15) is 13.8 Å². The van der Waals surface area contributed by atoms with Gasteiger partial charge in [0.2, 0.25) is 6.29 Å². The zero-order valence-electron chi connectivity index (χ0n) is 9.50. The summed E-state index contributed by atoms with van der Waals surface area (Å²) < 4.78 is 12.1. The summed E-state index contributed by atoms with van der Waals surface area (Å²) in [5.74, 6) is 0.130. The molecular weight excluding hydrogens is 352 g/mol. The first-order valence-electron chi connectivity index (χ1n) is 4.89. The van der Waals surface area contributed by atoms with E-state index >= 15 is 0 Å². The van der Waals surface area contributed by atoms with Gasteiger partial charge in [-0.3, -0.25) is 0 Å².